The first kappa shape index (κ1) is 44.8. The Hall–Kier alpha value is -2.24. The van der Waals surface area contributed by atoms with Gasteiger partial charge in [0.15, 0.2) is 0 Å². The molecule has 5 atom stereocenters. The van der Waals surface area contributed by atoms with Crippen molar-refractivity contribution in [2.24, 2.45) is 17.8 Å². The van der Waals surface area contributed by atoms with Crippen LogP contribution in [-0.4, -0.2) is 87.7 Å². The molecule has 0 aliphatic heterocycles. The van der Waals surface area contributed by atoms with Crippen LogP contribution in [0.1, 0.15) is 83.6 Å². The number of hydrogen-bond acceptors (Lipinski definition) is 8. The smallest absolute Gasteiger partial charge is 0.307 e. The summed E-state index contributed by atoms with van der Waals surface area (Å²) in [5.41, 5.74) is 1.93. The van der Waals surface area contributed by atoms with Crippen LogP contribution < -0.4 is 5.32 Å². The van der Waals surface area contributed by atoms with Crippen LogP contribution in [0, 0.1) is 17.8 Å². The fourth-order valence-electron chi connectivity index (χ4n) is 5.66. The number of ketones is 2. The summed E-state index contributed by atoms with van der Waals surface area (Å²) in [6.07, 6.45) is 7.80. The van der Waals surface area contributed by atoms with Crippen molar-refractivity contribution in [3.8, 4) is 0 Å². The van der Waals surface area contributed by atoms with E-state index in [-0.39, 0.29) is 72.8 Å². The van der Waals surface area contributed by atoms with Gasteiger partial charge in [0.05, 0.1) is 41.5 Å². The Labute approximate surface area is 322 Å². The molecular formula is C37H49Cl2NNaO8. The number of benzene rings is 2. The van der Waals surface area contributed by atoms with Gasteiger partial charge in [-0.1, -0.05) is 92.7 Å². The third-order valence-electron chi connectivity index (χ3n) is 8.33. The minimum absolute atomic E-state index is 0. The number of anilines is 2. The minimum atomic E-state index is -0.889. The van der Waals surface area contributed by atoms with Gasteiger partial charge in [0, 0.05) is 72.8 Å². The fraction of sp³-hybridized carbons (Fsp3) is 0.514. The fourth-order valence-corrected chi connectivity index (χ4v) is 6.15. The number of Topliss-reactive ketones (excluding diaryl/α,β-unsaturated/α-hetero) is 2. The molecule has 1 aliphatic rings. The van der Waals surface area contributed by atoms with Crippen molar-refractivity contribution < 1.29 is 39.2 Å². The van der Waals surface area contributed by atoms with Gasteiger partial charge in [0.25, 0.3) is 0 Å². The Bertz CT molecular complexity index is 1370. The summed E-state index contributed by atoms with van der Waals surface area (Å²) in [6.45, 7) is 4.25. The number of methoxy groups -OCH3 is 1. The number of aliphatic carboxylic acids is 1. The minimum Gasteiger partial charge on any atom is -0.481 e. The molecule has 9 nitrogen and oxygen atoms in total. The zero-order valence-electron chi connectivity index (χ0n) is 29.0. The number of para-hydroxylation sites is 2. The largest absolute Gasteiger partial charge is 0.481 e. The number of rotatable bonds is 18. The molecule has 1 radical (unpaired) electrons. The summed E-state index contributed by atoms with van der Waals surface area (Å²) >= 11 is 12.1. The van der Waals surface area contributed by atoms with Gasteiger partial charge < -0.3 is 25.4 Å². The van der Waals surface area contributed by atoms with Crippen molar-refractivity contribution >= 4 is 87.6 Å². The summed E-state index contributed by atoms with van der Waals surface area (Å²) in [4.78, 5) is 46.5. The van der Waals surface area contributed by atoms with Gasteiger partial charge in [-0.2, -0.15) is 0 Å². The molecule has 0 unspecified atom stereocenters. The number of unbranched alkanes of at least 4 members (excludes halogenated alkanes) is 2. The second kappa shape index (κ2) is 24.0. The third kappa shape index (κ3) is 16.6. The van der Waals surface area contributed by atoms with Crippen molar-refractivity contribution in [2.75, 3.05) is 12.4 Å². The Kier molecular flexibility index (Phi) is 22.0. The number of carboxylic acid groups (broad SMARTS) is 1. The van der Waals surface area contributed by atoms with E-state index in [9.17, 15) is 29.4 Å². The molecular weight excluding hydrogens is 680 g/mol. The van der Waals surface area contributed by atoms with Crippen LogP contribution in [0.2, 0.25) is 10.0 Å². The Morgan fingerprint density at radius 3 is 2.33 bits per heavy atom. The van der Waals surface area contributed by atoms with E-state index in [0.717, 1.165) is 19.3 Å². The third-order valence-corrected chi connectivity index (χ3v) is 8.96. The first-order valence-corrected chi connectivity index (χ1v) is 17.3. The summed E-state index contributed by atoms with van der Waals surface area (Å²) in [6, 6.07) is 12.3. The molecule has 4 N–H and O–H groups in total. The van der Waals surface area contributed by atoms with Crippen molar-refractivity contribution in [3.63, 3.8) is 0 Å². The van der Waals surface area contributed by atoms with Crippen molar-refractivity contribution in [2.45, 2.75) is 96.7 Å². The van der Waals surface area contributed by atoms with Crippen molar-refractivity contribution in [1.82, 2.24) is 0 Å². The molecule has 0 spiro atoms. The molecule has 49 heavy (non-hydrogen) atoms. The molecule has 1 aliphatic carbocycles. The predicted molar refractivity (Wildman–Crippen MR) is 194 cm³/mol. The average molecular weight is 730 g/mol. The molecule has 12 heteroatoms. The molecule has 2 aromatic rings. The van der Waals surface area contributed by atoms with Crippen LogP contribution >= 0.6 is 23.2 Å². The molecule has 0 aromatic heterocycles. The molecule has 0 amide bonds. The number of hydrogen-bond donors (Lipinski definition) is 4. The van der Waals surface area contributed by atoms with E-state index in [1.165, 1.54) is 7.11 Å². The second-order valence-electron chi connectivity index (χ2n) is 12.3. The van der Waals surface area contributed by atoms with Gasteiger partial charge in [0.2, 0.25) is 0 Å². The number of carboxylic acids is 1. The maximum atomic E-state index is 12.3. The maximum Gasteiger partial charge on any atom is 0.307 e. The van der Waals surface area contributed by atoms with Crippen LogP contribution in [0.25, 0.3) is 0 Å². The zero-order valence-corrected chi connectivity index (χ0v) is 32.5. The number of aliphatic hydroxyl groups excluding tert-OH is 2. The predicted octanol–water partition coefficient (Wildman–Crippen LogP) is 7.36. The molecule has 3 rings (SSSR count). The van der Waals surface area contributed by atoms with Crippen molar-refractivity contribution in [1.29, 1.82) is 0 Å². The van der Waals surface area contributed by atoms with E-state index in [0.29, 0.717) is 58.6 Å². The molecule has 0 saturated heterocycles. The molecule has 0 heterocycles. The monoisotopic (exact) mass is 728 g/mol. The quantitative estimate of drug-likeness (QED) is 0.0534. The van der Waals surface area contributed by atoms with Gasteiger partial charge in [-0.3, -0.25) is 19.2 Å². The van der Waals surface area contributed by atoms with E-state index >= 15 is 0 Å². The number of nitrogens with one attached hydrogen (secondary N) is 1. The van der Waals surface area contributed by atoms with Gasteiger partial charge in [0.1, 0.15) is 11.6 Å². The van der Waals surface area contributed by atoms with E-state index in [1.807, 2.05) is 6.07 Å². The molecule has 1 fully saturated rings. The number of halogens is 2. The second-order valence-corrected chi connectivity index (χ2v) is 13.1. The summed E-state index contributed by atoms with van der Waals surface area (Å²) in [7, 11) is 1.33. The number of carbonyl (C=O) groups excluding carboxylic acids is 3. The van der Waals surface area contributed by atoms with Gasteiger partial charge in [-0.05, 0) is 48.9 Å². The Balaban J connectivity index is 0.000000519. The van der Waals surface area contributed by atoms with Gasteiger partial charge in [-0.15, -0.1) is 0 Å². The Morgan fingerprint density at radius 1 is 1.04 bits per heavy atom. The zero-order chi connectivity index (χ0) is 35.6. The average Bonchev–Trinajstić information content (AvgIpc) is 3.30. The SMILES string of the molecule is CCCC[C@H](C)C[C@H](O)/C=C/[C@H]1[C@H](O)CC(=O)[C@@H]1CC(=O)CCCCC(=O)OC.O=C(O)Cc1ccccc1Nc1c(Cl)cccc1Cl.[Na]. The first-order chi connectivity index (χ1) is 22.9. The Morgan fingerprint density at radius 2 is 1.69 bits per heavy atom. The van der Waals surface area contributed by atoms with E-state index < -0.39 is 30.0 Å². The van der Waals surface area contributed by atoms with Gasteiger partial charge in [-0.25, -0.2) is 0 Å². The van der Waals surface area contributed by atoms with Crippen molar-refractivity contribution in [3.05, 3.63) is 70.2 Å². The van der Waals surface area contributed by atoms with Gasteiger partial charge >= 0.3 is 11.9 Å². The summed E-state index contributed by atoms with van der Waals surface area (Å²) < 4.78 is 4.57. The number of carbonyl (C=O) groups is 4. The molecule has 265 valence electrons. The summed E-state index contributed by atoms with van der Waals surface area (Å²) in [5, 5.41) is 33.4. The maximum absolute atomic E-state index is 12.3. The van der Waals surface area contributed by atoms with Crippen LogP contribution in [0.4, 0.5) is 11.4 Å². The number of ether oxygens (including phenoxy) is 1. The standard InChI is InChI=1S/C23H38O6.C14H11Cl2NO2.Na/c1-4-5-8-16(2)13-18(25)11-12-19-20(22(27)15-21(19)26)14-17(24)9-6-7-10-23(28)29-3;15-10-5-3-6-11(16)14(10)17-12-7-2-1-4-9(12)8-13(18)19;/h11-12,16,18-21,25-26H,4-10,13-15H2,1-3H3;1-7,17H,8H2,(H,18,19);/b12-11+;;/t16-,18+,19+,20+,21+;;/m0../s1. The molecule has 0 bridgehead atoms. The van der Waals surface area contributed by atoms with E-state index in [2.05, 4.69) is 23.9 Å². The van der Waals surface area contributed by atoms with Crippen LogP contribution in [-0.2, 0) is 30.3 Å². The van der Waals surface area contributed by atoms with E-state index in [1.54, 1.807) is 48.6 Å². The molecule has 2 aromatic carbocycles. The topological polar surface area (TPSA) is 150 Å². The summed E-state index contributed by atoms with van der Waals surface area (Å²) in [5.74, 6) is -1.86. The normalized spacial score (nSPS) is 18.2. The molecule has 1 saturated carbocycles. The first-order valence-electron chi connectivity index (χ1n) is 16.5. The number of aliphatic hydroxyl groups is 2. The van der Waals surface area contributed by atoms with Crippen LogP contribution in [0.3, 0.4) is 0 Å². The van der Waals surface area contributed by atoms with Crippen LogP contribution in [0.5, 0.6) is 0 Å². The van der Waals surface area contributed by atoms with E-state index in [4.69, 9.17) is 28.3 Å². The van der Waals surface area contributed by atoms with Crippen LogP contribution in [0.15, 0.2) is 54.6 Å². The number of esters is 1.